The Balaban J connectivity index is 1.47. The molecule has 1 fully saturated rings. The third-order valence-corrected chi connectivity index (χ3v) is 7.11. The zero-order valence-corrected chi connectivity index (χ0v) is 22.6. The van der Waals surface area contributed by atoms with Gasteiger partial charge in [-0.25, -0.2) is 9.69 Å². The molecule has 5 rings (SSSR count). The van der Waals surface area contributed by atoms with Crippen LogP contribution in [-0.4, -0.2) is 30.4 Å². The number of benzene rings is 3. The average molecular weight is 536 g/mol. The Bertz CT molecular complexity index is 1580. The van der Waals surface area contributed by atoms with Crippen LogP contribution < -0.4 is 4.90 Å². The summed E-state index contributed by atoms with van der Waals surface area (Å²) >= 11 is 0. The summed E-state index contributed by atoms with van der Waals surface area (Å²) in [5.74, 6) is 0.227. The van der Waals surface area contributed by atoms with E-state index >= 15 is 0 Å². The molecule has 0 unspecified atom stereocenters. The number of aryl methyl sites for hydroxylation is 1. The molecule has 0 saturated heterocycles. The van der Waals surface area contributed by atoms with E-state index in [-0.39, 0.29) is 12.6 Å². The minimum Gasteiger partial charge on any atom is -0.465 e. The number of aromatic nitrogens is 1. The zero-order chi connectivity index (χ0) is 28.3. The van der Waals surface area contributed by atoms with Crippen LogP contribution in [0.3, 0.4) is 0 Å². The molecule has 1 aliphatic rings. The SMILES string of the molecule is CCOC(=O)N(c1ccccc1C#N)c1c(C)noc1-c1ccc(-c2ccc(C3(C(=O)OCC)CC3)cc2)cc1. The van der Waals surface area contributed by atoms with Crippen LogP contribution >= 0.6 is 0 Å². The number of para-hydroxylation sites is 1. The maximum Gasteiger partial charge on any atom is 0.419 e. The highest BCUT2D eigenvalue weighted by Crippen LogP contribution is 2.49. The summed E-state index contributed by atoms with van der Waals surface area (Å²) in [7, 11) is 0. The normalized spacial score (nSPS) is 13.2. The van der Waals surface area contributed by atoms with E-state index in [1.165, 1.54) is 4.90 Å². The van der Waals surface area contributed by atoms with Crippen LogP contribution in [0.2, 0.25) is 0 Å². The molecule has 0 bridgehead atoms. The van der Waals surface area contributed by atoms with E-state index in [1.54, 1.807) is 38.1 Å². The standard InChI is InChI=1S/C32H29N3O5/c1-4-38-30(36)32(18-19-32)26-16-14-23(15-17-26)22-10-12-24(13-11-22)29-28(21(3)34-40-29)35(31(37)39-5-2)27-9-7-6-8-25(27)20-33/h6-17H,4-5,18-19H2,1-3H3. The Labute approximate surface area is 232 Å². The van der Waals surface area contributed by atoms with Gasteiger partial charge in [0.05, 0.1) is 29.9 Å². The predicted octanol–water partition coefficient (Wildman–Crippen LogP) is 7.08. The quantitative estimate of drug-likeness (QED) is 0.222. The first-order chi connectivity index (χ1) is 19.4. The molecule has 3 aromatic carbocycles. The molecule has 1 heterocycles. The van der Waals surface area contributed by atoms with Crippen molar-refractivity contribution >= 4 is 23.4 Å². The van der Waals surface area contributed by atoms with Gasteiger partial charge in [0.2, 0.25) is 0 Å². The van der Waals surface area contributed by atoms with Crippen molar-refractivity contribution in [2.75, 3.05) is 18.1 Å². The van der Waals surface area contributed by atoms with Gasteiger partial charge in [0, 0.05) is 5.56 Å². The van der Waals surface area contributed by atoms with Crippen molar-refractivity contribution in [3.05, 3.63) is 89.6 Å². The summed E-state index contributed by atoms with van der Waals surface area (Å²) in [6, 6.07) is 24.7. The van der Waals surface area contributed by atoms with E-state index in [2.05, 4.69) is 11.2 Å². The second-order valence-corrected chi connectivity index (χ2v) is 9.57. The van der Waals surface area contributed by atoms with Gasteiger partial charge in [0.15, 0.2) is 5.76 Å². The first-order valence-corrected chi connectivity index (χ1v) is 13.2. The van der Waals surface area contributed by atoms with Gasteiger partial charge in [0.25, 0.3) is 0 Å². The maximum absolute atomic E-state index is 13.2. The average Bonchev–Trinajstić information content (AvgIpc) is 3.72. The van der Waals surface area contributed by atoms with E-state index in [0.717, 1.165) is 29.5 Å². The van der Waals surface area contributed by atoms with Crippen molar-refractivity contribution in [1.82, 2.24) is 5.16 Å². The molecule has 4 aromatic rings. The van der Waals surface area contributed by atoms with Crippen LogP contribution in [0.1, 0.15) is 43.5 Å². The molecule has 0 N–H and O–H groups in total. The zero-order valence-electron chi connectivity index (χ0n) is 22.6. The molecule has 0 aliphatic heterocycles. The lowest BCUT2D eigenvalue weighted by molar-refractivity contribution is -0.146. The number of nitrogens with zero attached hydrogens (tertiary/aromatic N) is 3. The smallest absolute Gasteiger partial charge is 0.419 e. The fraction of sp³-hybridized carbons (Fsp3) is 0.250. The summed E-state index contributed by atoms with van der Waals surface area (Å²) in [6.07, 6.45) is 0.978. The largest absolute Gasteiger partial charge is 0.465 e. The molecule has 0 radical (unpaired) electrons. The summed E-state index contributed by atoms with van der Waals surface area (Å²) in [5.41, 5.74) is 4.74. The number of amides is 1. The molecular weight excluding hydrogens is 506 g/mol. The fourth-order valence-corrected chi connectivity index (χ4v) is 4.88. The monoisotopic (exact) mass is 535 g/mol. The lowest BCUT2D eigenvalue weighted by atomic mass is 9.93. The second kappa shape index (κ2) is 11.1. The van der Waals surface area contributed by atoms with Gasteiger partial charge in [-0.3, -0.25) is 4.79 Å². The third-order valence-electron chi connectivity index (χ3n) is 7.11. The first-order valence-electron chi connectivity index (χ1n) is 13.2. The number of carbonyl (C=O) groups is 2. The molecule has 40 heavy (non-hydrogen) atoms. The molecular formula is C32H29N3O5. The van der Waals surface area contributed by atoms with Crippen molar-refractivity contribution in [3.63, 3.8) is 0 Å². The van der Waals surface area contributed by atoms with E-state index < -0.39 is 11.5 Å². The van der Waals surface area contributed by atoms with Crippen LogP contribution in [0.4, 0.5) is 16.2 Å². The van der Waals surface area contributed by atoms with Crippen molar-refractivity contribution in [3.8, 4) is 28.5 Å². The molecule has 1 saturated carbocycles. The second-order valence-electron chi connectivity index (χ2n) is 9.57. The van der Waals surface area contributed by atoms with Gasteiger partial charge < -0.3 is 14.0 Å². The van der Waals surface area contributed by atoms with E-state index in [1.807, 2.05) is 55.5 Å². The maximum atomic E-state index is 13.2. The van der Waals surface area contributed by atoms with E-state index in [0.29, 0.717) is 40.6 Å². The molecule has 0 spiro atoms. The molecule has 1 aliphatic carbocycles. The van der Waals surface area contributed by atoms with Crippen molar-refractivity contribution < 1.29 is 23.6 Å². The molecule has 1 aromatic heterocycles. The van der Waals surface area contributed by atoms with E-state index in [9.17, 15) is 14.9 Å². The van der Waals surface area contributed by atoms with Gasteiger partial charge in [-0.2, -0.15) is 5.26 Å². The van der Waals surface area contributed by atoms with Gasteiger partial charge in [-0.05, 0) is 62.4 Å². The Morgan fingerprint density at radius 1 is 0.925 bits per heavy atom. The highest BCUT2D eigenvalue weighted by Gasteiger charge is 2.52. The van der Waals surface area contributed by atoms with Crippen molar-refractivity contribution in [2.45, 2.75) is 39.0 Å². The third kappa shape index (κ3) is 4.82. The number of rotatable bonds is 8. The van der Waals surface area contributed by atoms with Crippen LogP contribution in [0.5, 0.6) is 0 Å². The Hall–Kier alpha value is -4.90. The van der Waals surface area contributed by atoms with Crippen LogP contribution in [0.15, 0.2) is 77.3 Å². The molecule has 202 valence electrons. The summed E-state index contributed by atoms with van der Waals surface area (Å²) in [4.78, 5) is 27.0. The number of esters is 1. The first kappa shape index (κ1) is 26.7. The minimum absolute atomic E-state index is 0.153. The lowest BCUT2D eigenvalue weighted by Crippen LogP contribution is -2.28. The number of ether oxygens (including phenoxy) is 2. The van der Waals surface area contributed by atoms with Crippen molar-refractivity contribution in [1.29, 1.82) is 5.26 Å². The summed E-state index contributed by atoms with van der Waals surface area (Å²) < 4.78 is 16.3. The van der Waals surface area contributed by atoms with E-state index in [4.69, 9.17) is 14.0 Å². The minimum atomic E-state index is -0.634. The molecule has 8 nitrogen and oxygen atoms in total. The summed E-state index contributed by atoms with van der Waals surface area (Å²) in [5, 5.41) is 13.8. The Morgan fingerprint density at radius 2 is 1.52 bits per heavy atom. The number of carbonyl (C=O) groups excluding carboxylic acids is 2. The summed E-state index contributed by atoms with van der Waals surface area (Å²) in [6.45, 7) is 5.82. The van der Waals surface area contributed by atoms with Crippen molar-refractivity contribution in [2.24, 2.45) is 0 Å². The van der Waals surface area contributed by atoms with Gasteiger partial charge in [-0.1, -0.05) is 65.8 Å². The Kier molecular flexibility index (Phi) is 7.39. The Morgan fingerprint density at radius 3 is 2.12 bits per heavy atom. The molecule has 0 atom stereocenters. The molecule has 8 heteroatoms. The highest BCUT2D eigenvalue weighted by molar-refractivity contribution is 6.01. The van der Waals surface area contributed by atoms with Gasteiger partial charge in [0.1, 0.15) is 17.5 Å². The number of nitriles is 1. The highest BCUT2D eigenvalue weighted by atomic mass is 16.6. The predicted molar refractivity (Wildman–Crippen MR) is 150 cm³/mol. The van der Waals surface area contributed by atoms with Crippen LogP contribution in [0, 0.1) is 18.3 Å². The number of anilines is 2. The van der Waals surface area contributed by atoms with Crippen LogP contribution in [0.25, 0.3) is 22.5 Å². The molecule has 1 amide bonds. The van der Waals surface area contributed by atoms with Gasteiger partial charge in [-0.15, -0.1) is 0 Å². The topological polar surface area (TPSA) is 106 Å². The van der Waals surface area contributed by atoms with Crippen LogP contribution in [-0.2, 0) is 19.7 Å². The van der Waals surface area contributed by atoms with Gasteiger partial charge >= 0.3 is 12.1 Å². The number of hydrogen-bond donors (Lipinski definition) is 0. The lowest BCUT2D eigenvalue weighted by Gasteiger charge is -2.23. The fourth-order valence-electron chi connectivity index (χ4n) is 4.88. The number of hydrogen-bond acceptors (Lipinski definition) is 7.